The third kappa shape index (κ3) is 8.71. The molecule has 10 heteroatoms. The maximum atomic E-state index is 12.9. The maximum Gasteiger partial charge on any atom is 0.328 e. The molecule has 0 aliphatic carbocycles. The van der Waals surface area contributed by atoms with Crippen molar-refractivity contribution in [1.82, 2.24) is 10.3 Å². The summed E-state index contributed by atoms with van der Waals surface area (Å²) in [5.74, 6) is -1.12. The minimum Gasteiger partial charge on any atom is -0.490 e. The van der Waals surface area contributed by atoms with Crippen molar-refractivity contribution in [3.63, 3.8) is 0 Å². The lowest BCUT2D eigenvalue weighted by Crippen LogP contribution is -2.43. The number of halogens is 1. The van der Waals surface area contributed by atoms with Gasteiger partial charge in [-0.3, -0.25) is 9.59 Å². The van der Waals surface area contributed by atoms with E-state index in [9.17, 15) is 14.4 Å². The molecule has 0 spiro atoms. The molecule has 0 aliphatic heterocycles. The van der Waals surface area contributed by atoms with Gasteiger partial charge in [-0.2, -0.15) is 0 Å². The predicted octanol–water partition coefficient (Wildman–Crippen LogP) is 4.60. The number of benzene rings is 1. The van der Waals surface area contributed by atoms with Gasteiger partial charge in [0.15, 0.2) is 11.4 Å². The summed E-state index contributed by atoms with van der Waals surface area (Å²) in [6.07, 6.45) is 0.924. The van der Waals surface area contributed by atoms with E-state index in [4.69, 9.17) is 30.5 Å². The average Bonchev–Trinajstić information content (AvgIpc) is 2.79. The highest BCUT2D eigenvalue weighted by Crippen LogP contribution is 2.30. The van der Waals surface area contributed by atoms with Crippen LogP contribution in [0.15, 0.2) is 36.5 Å². The van der Waals surface area contributed by atoms with Crippen molar-refractivity contribution < 1.29 is 33.3 Å². The molecular weight excluding hydrogens is 488 g/mol. The number of hydrogen-bond acceptors (Lipinski definition) is 8. The van der Waals surface area contributed by atoms with E-state index in [-0.39, 0.29) is 29.7 Å². The minimum atomic E-state index is -1.02. The van der Waals surface area contributed by atoms with E-state index in [1.165, 1.54) is 26.1 Å². The fourth-order valence-corrected chi connectivity index (χ4v) is 3.48. The minimum absolute atomic E-state index is 0.120. The first-order valence-corrected chi connectivity index (χ1v) is 12.1. The SMILES string of the molecule is CCOc1ccnc(C(=O)N[C@@H](C)C(=O)O[C@@H](C)[C@@H](CC(C)C)Oc2cccc(Cl)c2)c1OC(C)=O. The summed E-state index contributed by atoms with van der Waals surface area (Å²) >= 11 is 6.06. The number of carbonyl (C=O) groups excluding carboxylic acids is 3. The average molecular weight is 521 g/mol. The Balaban J connectivity index is 2.11. The predicted molar refractivity (Wildman–Crippen MR) is 135 cm³/mol. The highest BCUT2D eigenvalue weighted by molar-refractivity contribution is 6.30. The van der Waals surface area contributed by atoms with Gasteiger partial charge in [-0.25, -0.2) is 9.78 Å². The van der Waals surface area contributed by atoms with Crippen molar-refractivity contribution in [2.45, 2.75) is 66.2 Å². The summed E-state index contributed by atoms with van der Waals surface area (Å²) in [4.78, 5) is 41.3. The van der Waals surface area contributed by atoms with E-state index in [1.807, 2.05) is 13.8 Å². The summed E-state index contributed by atoms with van der Waals surface area (Å²) in [7, 11) is 0. The summed E-state index contributed by atoms with van der Waals surface area (Å²) in [6, 6.07) is 7.44. The van der Waals surface area contributed by atoms with Crippen molar-refractivity contribution in [2.75, 3.05) is 6.61 Å². The first-order chi connectivity index (χ1) is 17.0. The van der Waals surface area contributed by atoms with E-state index >= 15 is 0 Å². The zero-order valence-corrected chi connectivity index (χ0v) is 22.1. The number of nitrogens with one attached hydrogen (secondary N) is 1. The molecule has 1 N–H and O–H groups in total. The molecule has 1 heterocycles. The molecule has 36 heavy (non-hydrogen) atoms. The molecule has 9 nitrogen and oxygen atoms in total. The van der Waals surface area contributed by atoms with Gasteiger partial charge >= 0.3 is 11.9 Å². The van der Waals surface area contributed by atoms with Crippen LogP contribution >= 0.6 is 11.6 Å². The molecule has 0 fully saturated rings. The van der Waals surface area contributed by atoms with E-state index in [2.05, 4.69) is 10.3 Å². The van der Waals surface area contributed by atoms with Crippen LogP contribution in [0, 0.1) is 5.92 Å². The van der Waals surface area contributed by atoms with Crippen LogP contribution in [-0.4, -0.2) is 47.7 Å². The van der Waals surface area contributed by atoms with Crippen LogP contribution in [0.5, 0.6) is 17.2 Å². The second-order valence-corrected chi connectivity index (χ2v) is 9.03. The van der Waals surface area contributed by atoms with Gasteiger partial charge in [0.2, 0.25) is 5.75 Å². The summed E-state index contributed by atoms with van der Waals surface area (Å²) in [5.41, 5.74) is -0.189. The van der Waals surface area contributed by atoms with Crippen molar-refractivity contribution >= 4 is 29.4 Å². The van der Waals surface area contributed by atoms with Crippen LogP contribution in [0.25, 0.3) is 0 Å². The number of hydrogen-bond donors (Lipinski definition) is 1. The van der Waals surface area contributed by atoms with Crippen LogP contribution in [-0.2, 0) is 14.3 Å². The monoisotopic (exact) mass is 520 g/mol. The fraction of sp³-hybridized carbons (Fsp3) is 0.462. The van der Waals surface area contributed by atoms with E-state index in [0.29, 0.717) is 17.2 Å². The lowest BCUT2D eigenvalue weighted by Gasteiger charge is -2.27. The van der Waals surface area contributed by atoms with Gasteiger partial charge in [0.25, 0.3) is 5.91 Å². The molecule has 0 bridgehead atoms. The molecule has 2 rings (SSSR count). The molecule has 0 saturated heterocycles. The lowest BCUT2D eigenvalue weighted by molar-refractivity contribution is -0.155. The molecule has 1 aromatic heterocycles. The Morgan fingerprint density at radius 1 is 1.11 bits per heavy atom. The quantitative estimate of drug-likeness (QED) is 0.404. The van der Waals surface area contributed by atoms with Crippen molar-refractivity contribution in [2.24, 2.45) is 5.92 Å². The third-order valence-corrected chi connectivity index (χ3v) is 5.18. The van der Waals surface area contributed by atoms with Crippen LogP contribution in [0.2, 0.25) is 5.02 Å². The highest BCUT2D eigenvalue weighted by Gasteiger charge is 2.29. The van der Waals surface area contributed by atoms with Gasteiger partial charge in [-0.15, -0.1) is 0 Å². The third-order valence-electron chi connectivity index (χ3n) is 4.94. The van der Waals surface area contributed by atoms with Gasteiger partial charge in [0.05, 0.1) is 6.61 Å². The number of nitrogens with zero attached hydrogens (tertiary/aromatic N) is 1. The van der Waals surface area contributed by atoms with E-state index in [1.54, 1.807) is 38.1 Å². The second-order valence-electron chi connectivity index (χ2n) is 8.59. The molecule has 0 saturated carbocycles. The number of ether oxygens (including phenoxy) is 4. The van der Waals surface area contributed by atoms with Crippen LogP contribution in [0.1, 0.15) is 58.5 Å². The zero-order valence-electron chi connectivity index (χ0n) is 21.4. The smallest absolute Gasteiger partial charge is 0.328 e. The highest BCUT2D eigenvalue weighted by atomic mass is 35.5. The Bertz CT molecular complexity index is 1060. The molecule has 0 unspecified atom stereocenters. The van der Waals surface area contributed by atoms with Crippen molar-refractivity contribution in [1.29, 1.82) is 0 Å². The second kappa shape index (κ2) is 13.7. The molecule has 196 valence electrons. The van der Waals surface area contributed by atoms with Crippen molar-refractivity contribution in [3.05, 3.63) is 47.2 Å². The Kier molecular flexibility index (Phi) is 11.0. The van der Waals surface area contributed by atoms with Crippen LogP contribution in [0.3, 0.4) is 0 Å². The van der Waals surface area contributed by atoms with Gasteiger partial charge < -0.3 is 24.3 Å². The molecule has 0 radical (unpaired) electrons. The molecule has 0 aliphatic rings. The van der Waals surface area contributed by atoms with E-state index < -0.39 is 36.1 Å². The zero-order chi connectivity index (χ0) is 26.8. The van der Waals surface area contributed by atoms with Crippen molar-refractivity contribution in [3.8, 4) is 17.2 Å². The lowest BCUT2D eigenvalue weighted by atomic mass is 10.0. The van der Waals surface area contributed by atoms with Gasteiger partial charge in [0.1, 0.15) is 24.0 Å². The first-order valence-electron chi connectivity index (χ1n) is 11.8. The Hall–Kier alpha value is -3.33. The standard InChI is InChI=1S/C26H33ClN2O7/c1-7-33-21-11-12-28-23(24(21)35-18(6)30)25(31)29-16(4)26(32)34-17(5)22(13-15(2)3)36-20-10-8-9-19(27)14-20/h8-12,14-17,22H,7,13H2,1-6H3,(H,29,31)/t16-,17-,22+/m0/s1. The first kappa shape index (κ1) is 28.9. The number of aromatic nitrogens is 1. The summed E-state index contributed by atoms with van der Waals surface area (Å²) in [5, 5.41) is 3.07. The summed E-state index contributed by atoms with van der Waals surface area (Å²) in [6.45, 7) is 10.5. The molecule has 1 amide bonds. The number of esters is 2. The number of rotatable bonds is 12. The topological polar surface area (TPSA) is 113 Å². The Labute approximate surface area is 216 Å². The van der Waals surface area contributed by atoms with Gasteiger partial charge in [-0.05, 0) is 51.3 Å². The molecule has 3 atom stereocenters. The summed E-state index contributed by atoms with van der Waals surface area (Å²) < 4.78 is 22.3. The maximum absolute atomic E-state index is 12.9. The largest absolute Gasteiger partial charge is 0.490 e. The van der Waals surface area contributed by atoms with Gasteiger partial charge in [-0.1, -0.05) is 31.5 Å². The molecule has 1 aromatic carbocycles. The molecule has 2 aromatic rings. The number of pyridine rings is 1. The van der Waals surface area contributed by atoms with Gasteiger partial charge in [0, 0.05) is 24.2 Å². The van der Waals surface area contributed by atoms with Crippen LogP contribution < -0.4 is 19.5 Å². The Morgan fingerprint density at radius 3 is 2.44 bits per heavy atom. The normalized spacial score (nSPS) is 13.3. The van der Waals surface area contributed by atoms with Crippen LogP contribution in [0.4, 0.5) is 0 Å². The Morgan fingerprint density at radius 2 is 1.83 bits per heavy atom. The number of amides is 1. The molecular formula is C26H33ClN2O7. The van der Waals surface area contributed by atoms with E-state index in [0.717, 1.165) is 0 Å². The fourth-order valence-electron chi connectivity index (χ4n) is 3.30. The number of carbonyl (C=O) groups is 3.